The van der Waals surface area contributed by atoms with Crippen LogP contribution in [0.2, 0.25) is 0 Å². The van der Waals surface area contributed by atoms with Crippen molar-refractivity contribution in [3.05, 3.63) is 35.9 Å². The lowest BCUT2D eigenvalue weighted by Crippen LogP contribution is -2.14. The third-order valence-corrected chi connectivity index (χ3v) is 8.75. The molecule has 0 radical (unpaired) electrons. The third kappa shape index (κ3) is 19.6. The van der Waals surface area contributed by atoms with Crippen molar-refractivity contribution in [3.8, 4) is 0 Å². The van der Waals surface area contributed by atoms with Crippen LogP contribution < -0.4 is 0 Å². The molecule has 1 rings (SSSR count). The summed E-state index contributed by atoms with van der Waals surface area (Å²) < 4.78 is 1.31. The second kappa shape index (κ2) is 21.7. The van der Waals surface area contributed by atoms with E-state index in [2.05, 4.69) is 95.3 Å². The molecule has 0 spiro atoms. The largest absolute Gasteiger partial charge is 0.237 e. The second-order valence-electron chi connectivity index (χ2n) is 13.0. The second-order valence-corrected chi connectivity index (χ2v) is 14.1. The molecule has 0 heterocycles. The Kier molecular flexibility index (Phi) is 20.4. The van der Waals surface area contributed by atoms with E-state index in [4.69, 9.17) is 9.78 Å². The standard InChI is InChI=1S/C34H61IO2/c1-27(13-11-18-35)21-29(3)23-31(5)25-33(7)26-32(6)24-30(4)22-28(2)14-12-19-36-37-20-17-34-15-9-8-10-16-34/h8-10,15-16,27-33H,11-14,17-26H2,1-7H3. The van der Waals surface area contributed by atoms with Crippen molar-refractivity contribution in [1.29, 1.82) is 0 Å². The van der Waals surface area contributed by atoms with Gasteiger partial charge in [0.1, 0.15) is 0 Å². The Bertz CT molecular complexity index is 636. The maximum absolute atomic E-state index is 5.41. The Labute approximate surface area is 245 Å². The highest BCUT2D eigenvalue weighted by atomic mass is 127. The van der Waals surface area contributed by atoms with Gasteiger partial charge in [0.2, 0.25) is 0 Å². The summed E-state index contributed by atoms with van der Waals surface area (Å²) in [5.74, 6) is 5.86. The molecule has 1 aromatic carbocycles. The van der Waals surface area contributed by atoms with Gasteiger partial charge in [-0.1, -0.05) is 101 Å². The van der Waals surface area contributed by atoms with Crippen molar-refractivity contribution in [1.82, 2.24) is 0 Å². The Morgan fingerprint density at radius 2 is 0.946 bits per heavy atom. The smallest absolute Gasteiger partial charge is 0.0862 e. The van der Waals surface area contributed by atoms with Crippen LogP contribution in [0, 0.1) is 41.4 Å². The van der Waals surface area contributed by atoms with Gasteiger partial charge in [0, 0.05) is 0 Å². The first kappa shape index (κ1) is 34.9. The highest BCUT2D eigenvalue weighted by molar-refractivity contribution is 14.1. The molecule has 7 atom stereocenters. The zero-order chi connectivity index (χ0) is 27.5. The fourth-order valence-electron chi connectivity index (χ4n) is 6.68. The Balaban J connectivity index is 2.10. The van der Waals surface area contributed by atoms with Crippen LogP contribution in [-0.4, -0.2) is 17.6 Å². The van der Waals surface area contributed by atoms with E-state index in [1.807, 2.05) is 6.07 Å². The quantitative estimate of drug-likeness (QED) is 0.0395. The van der Waals surface area contributed by atoms with Crippen LogP contribution >= 0.6 is 22.6 Å². The van der Waals surface area contributed by atoms with Crippen molar-refractivity contribution in [2.45, 2.75) is 119 Å². The van der Waals surface area contributed by atoms with E-state index in [1.165, 1.54) is 67.8 Å². The van der Waals surface area contributed by atoms with E-state index in [-0.39, 0.29) is 0 Å². The molecule has 0 fully saturated rings. The highest BCUT2D eigenvalue weighted by Crippen LogP contribution is 2.30. The number of hydrogen-bond acceptors (Lipinski definition) is 2. The number of hydrogen-bond donors (Lipinski definition) is 0. The van der Waals surface area contributed by atoms with Crippen LogP contribution in [0.3, 0.4) is 0 Å². The minimum absolute atomic E-state index is 0.628. The van der Waals surface area contributed by atoms with E-state index in [0.717, 1.165) is 54.3 Å². The van der Waals surface area contributed by atoms with Crippen molar-refractivity contribution in [3.63, 3.8) is 0 Å². The molecule has 0 aliphatic heterocycles. The van der Waals surface area contributed by atoms with Crippen LogP contribution in [0.25, 0.3) is 0 Å². The summed E-state index contributed by atoms with van der Waals surface area (Å²) in [6.45, 7) is 18.6. The number of benzene rings is 1. The summed E-state index contributed by atoms with van der Waals surface area (Å²) in [4.78, 5) is 10.8. The van der Waals surface area contributed by atoms with E-state index < -0.39 is 0 Å². The molecule has 216 valence electrons. The van der Waals surface area contributed by atoms with E-state index in [0.29, 0.717) is 13.2 Å². The normalized spacial score (nSPS) is 17.6. The summed E-state index contributed by atoms with van der Waals surface area (Å²) in [5, 5.41) is 0. The average Bonchev–Trinajstić information content (AvgIpc) is 2.82. The van der Waals surface area contributed by atoms with Gasteiger partial charge in [-0.25, -0.2) is 9.78 Å². The molecule has 0 bridgehead atoms. The van der Waals surface area contributed by atoms with Gasteiger partial charge in [0.25, 0.3) is 0 Å². The summed E-state index contributed by atoms with van der Waals surface area (Å²) in [7, 11) is 0. The van der Waals surface area contributed by atoms with Crippen molar-refractivity contribution < 1.29 is 9.78 Å². The van der Waals surface area contributed by atoms with Crippen LogP contribution in [-0.2, 0) is 16.2 Å². The molecular weight excluding hydrogens is 567 g/mol. The van der Waals surface area contributed by atoms with Gasteiger partial charge < -0.3 is 0 Å². The number of halogens is 1. The molecule has 3 heteroatoms. The maximum atomic E-state index is 5.41. The lowest BCUT2D eigenvalue weighted by Gasteiger charge is -2.26. The summed E-state index contributed by atoms with van der Waals surface area (Å²) in [5.41, 5.74) is 1.30. The highest BCUT2D eigenvalue weighted by Gasteiger charge is 2.18. The topological polar surface area (TPSA) is 18.5 Å². The van der Waals surface area contributed by atoms with Crippen molar-refractivity contribution >= 4 is 22.6 Å². The zero-order valence-corrected chi connectivity index (χ0v) is 27.7. The average molecular weight is 629 g/mol. The fraction of sp³-hybridized carbons (Fsp3) is 0.824. The minimum Gasteiger partial charge on any atom is -0.237 e. The SMILES string of the molecule is CC(CCCI)CC(C)CC(C)CC(C)CC(C)CC(C)CC(C)CCCOOCCc1ccccc1. The summed E-state index contributed by atoms with van der Waals surface area (Å²) in [6.07, 6.45) is 14.3. The molecule has 0 saturated heterocycles. The predicted octanol–water partition coefficient (Wildman–Crippen LogP) is 11.0. The van der Waals surface area contributed by atoms with Crippen molar-refractivity contribution in [2.24, 2.45) is 41.4 Å². The summed E-state index contributed by atoms with van der Waals surface area (Å²) in [6, 6.07) is 10.4. The van der Waals surface area contributed by atoms with Gasteiger partial charge in [-0.15, -0.1) is 0 Å². The van der Waals surface area contributed by atoms with Gasteiger partial charge in [-0.05, 0) is 122 Å². The Morgan fingerprint density at radius 3 is 1.41 bits per heavy atom. The van der Waals surface area contributed by atoms with Gasteiger partial charge in [-0.3, -0.25) is 0 Å². The monoisotopic (exact) mass is 628 g/mol. The van der Waals surface area contributed by atoms with Gasteiger partial charge in [-0.2, -0.15) is 0 Å². The van der Waals surface area contributed by atoms with E-state index >= 15 is 0 Å². The van der Waals surface area contributed by atoms with Crippen LogP contribution in [0.4, 0.5) is 0 Å². The minimum atomic E-state index is 0.628. The van der Waals surface area contributed by atoms with E-state index in [1.54, 1.807) is 0 Å². The Morgan fingerprint density at radius 1 is 0.541 bits per heavy atom. The number of rotatable bonds is 23. The van der Waals surface area contributed by atoms with Gasteiger partial charge >= 0.3 is 0 Å². The molecular formula is C34H61IO2. The molecule has 2 nitrogen and oxygen atoms in total. The maximum Gasteiger partial charge on any atom is 0.0862 e. The van der Waals surface area contributed by atoms with Crippen LogP contribution in [0.5, 0.6) is 0 Å². The molecule has 0 amide bonds. The van der Waals surface area contributed by atoms with E-state index in [9.17, 15) is 0 Å². The lowest BCUT2D eigenvalue weighted by molar-refractivity contribution is -0.294. The first-order chi connectivity index (χ1) is 17.7. The zero-order valence-electron chi connectivity index (χ0n) is 25.5. The van der Waals surface area contributed by atoms with Crippen LogP contribution in [0.15, 0.2) is 30.3 Å². The summed E-state index contributed by atoms with van der Waals surface area (Å²) >= 11 is 2.51. The predicted molar refractivity (Wildman–Crippen MR) is 171 cm³/mol. The molecule has 1 aromatic rings. The molecule has 37 heavy (non-hydrogen) atoms. The Hall–Kier alpha value is -0.130. The first-order valence-corrected chi connectivity index (χ1v) is 17.1. The first-order valence-electron chi connectivity index (χ1n) is 15.5. The van der Waals surface area contributed by atoms with Gasteiger partial charge in [0.15, 0.2) is 0 Å². The molecule has 0 N–H and O–H groups in total. The van der Waals surface area contributed by atoms with Crippen LogP contribution in [0.1, 0.15) is 118 Å². The molecule has 0 aliphatic carbocycles. The molecule has 0 aliphatic rings. The fourth-order valence-corrected chi connectivity index (χ4v) is 7.12. The lowest BCUT2D eigenvalue weighted by atomic mass is 9.80. The van der Waals surface area contributed by atoms with Gasteiger partial charge in [0.05, 0.1) is 13.2 Å². The molecule has 7 unspecified atom stereocenters. The number of alkyl halides is 1. The van der Waals surface area contributed by atoms with Crippen molar-refractivity contribution in [2.75, 3.05) is 17.6 Å². The molecule has 0 saturated carbocycles. The molecule has 0 aromatic heterocycles. The third-order valence-electron chi connectivity index (χ3n) is 7.98.